The van der Waals surface area contributed by atoms with Gasteiger partial charge in [-0.05, 0) is 70.1 Å². The third kappa shape index (κ3) is 2.69. The molecule has 2 aliphatic rings. The minimum absolute atomic E-state index is 0.244. The first-order valence-corrected chi connectivity index (χ1v) is 8.62. The summed E-state index contributed by atoms with van der Waals surface area (Å²) >= 11 is 1.60. The van der Waals surface area contributed by atoms with E-state index in [0.29, 0.717) is 22.6 Å². The zero-order chi connectivity index (χ0) is 15.0. The Morgan fingerprint density at radius 2 is 2.10 bits per heavy atom. The number of ether oxygens (including phenoxy) is 1. The Bertz CT molecular complexity index is 545. The summed E-state index contributed by atoms with van der Waals surface area (Å²) in [7, 11) is 2.20. The molecule has 0 aromatic carbocycles. The second kappa shape index (κ2) is 5.61. The number of carbonyl (C=O) groups excluding carboxylic acids is 1. The molecular weight excluding hydrogens is 284 g/mol. The third-order valence-corrected chi connectivity index (χ3v) is 6.15. The van der Waals surface area contributed by atoms with Crippen LogP contribution in [-0.2, 0) is 17.6 Å². The molecule has 1 fully saturated rings. The van der Waals surface area contributed by atoms with Crippen molar-refractivity contribution in [3.8, 4) is 0 Å². The number of nitrogen functional groups attached to an aromatic ring is 1. The lowest BCUT2D eigenvalue weighted by Crippen LogP contribution is -2.41. The number of nitrogens with two attached hydrogens (primary N) is 1. The van der Waals surface area contributed by atoms with Crippen molar-refractivity contribution in [3.05, 3.63) is 16.0 Å². The van der Waals surface area contributed by atoms with E-state index >= 15 is 0 Å². The summed E-state index contributed by atoms with van der Waals surface area (Å²) in [4.78, 5) is 15.8. The Morgan fingerprint density at radius 3 is 2.76 bits per heavy atom. The van der Waals surface area contributed by atoms with Crippen molar-refractivity contribution >= 4 is 22.3 Å². The lowest BCUT2D eigenvalue weighted by Gasteiger charge is -2.43. The lowest BCUT2D eigenvalue weighted by atomic mass is 9.68. The van der Waals surface area contributed by atoms with Gasteiger partial charge >= 0.3 is 5.97 Å². The molecule has 1 saturated heterocycles. The quantitative estimate of drug-likeness (QED) is 0.854. The third-order valence-electron chi connectivity index (χ3n) is 5.09. The predicted octanol–water partition coefficient (Wildman–Crippen LogP) is 2.71. The van der Waals surface area contributed by atoms with Crippen LogP contribution in [0.25, 0.3) is 0 Å². The van der Waals surface area contributed by atoms with Gasteiger partial charge in [-0.2, -0.15) is 0 Å². The van der Waals surface area contributed by atoms with Crippen LogP contribution >= 0.6 is 11.3 Å². The van der Waals surface area contributed by atoms with Crippen LogP contribution in [0.3, 0.4) is 0 Å². The van der Waals surface area contributed by atoms with E-state index < -0.39 is 0 Å². The van der Waals surface area contributed by atoms with Crippen LogP contribution < -0.4 is 5.73 Å². The Kier molecular flexibility index (Phi) is 3.97. The number of piperidine rings is 1. The van der Waals surface area contributed by atoms with Gasteiger partial charge in [0.15, 0.2) is 0 Å². The largest absolute Gasteiger partial charge is 0.462 e. The standard InChI is InChI=1S/C16H24N2O2S/c1-3-20-15(19)13-11-4-5-16(6-8-18(2)9-7-16)10-12(11)21-14(13)17/h3-10,17H2,1-2H3. The van der Waals surface area contributed by atoms with Crippen molar-refractivity contribution in [2.45, 2.75) is 39.0 Å². The molecular formula is C16H24N2O2S. The normalized spacial score (nSPS) is 21.2. The molecule has 0 radical (unpaired) electrons. The van der Waals surface area contributed by atoms with E-state index in [1.807, 2.05) is 6.92 Å². The molecule has 0 atom stereocenters. The number of anilines is 1. The second-order valence-corrected chi connectivity index (χ2v) is 7.58. The van der Waals surface area contributed by atoms with Crippen LogP contribution in [0.4, 0.5) is 5.00 Å². The molecule has 2 N–H and O–H groups in total. The maximum atomic E-state index is 12.1. The van der Waals surface area contributed by atoms with Crippen molar-refractivity contribution < 1.29 is 9.53 Å². The first-order chi connectivity index (χ1) is 10.0. The number of fused-ring (bicyclic) bond motifs is 1. The van der Waals surface area contributed by atoms with Crippen molar-refractivity contribution in [3.63, 3.8) is 0 Å². The van der Waals surface area contributed by atoms with Crippen LogP contribution in [-0.4, -0.2) is 37.6 Å². The zero-order valence-corrected chi connectivity index (χ0v) is 13.7. The number of likely N-dealkylation sites (tertiary alicyclic amines) is 1. The van der Waals surface area contributed by atoms with Crippen molar-refractivity contribution in [1.82, 2.24) is 4.90 Å². The Balaban J connectivity index is 1.85. The summed E-state index contributed by atoms with van der Waals surface area (Å²) in [5, 5.41) is 0.642. The highest BCUT2D eigenvalue weighted by Gasteiger charge is 2.39. The molecule has 2 heterocycles. The number of nitrogens with zero attached hydrogens (tertiary/aromatic N) is 1. The van der Waals surface area contributed by atoms with Gasteiger partial charge in [0.2, 0.25) is 0 Å². The number of rotatable bonds is 2. The number of hydrogen-bond acceptors (Lipinski definition) is 5. The minimum atomic E-state index is -0.244. The smallest absolute Gasteiger partial charge is 0.341 e. The van der Waals surface area contributed by atoms with Gasteiger partial charge in [0.25, 0.3) is 0 Å². The molecule has 116 valence electrons. The second-order valence-electron chi connectivity index (χ2n) is 6.44. The molecule has 0 unspecified atom stereocenters. The molecule has 1 aromatic heterocycles. The van der Waals surface area contributed by atoms with E-state index in [1.165, 1.54) is 42.8 Å². The Morgan fingerprint density at radius 1 is 1.38 bits per heavy atom. The van der Waals surface area contributed by atoms with Crippen molar-refractivity contribution in [2.24, 2.45) is 5.41 Å². The fourth-order valence-electron chi connectivity index (χ4n) is 3.71. The van der Waals surface area contributed by atoms with Gasteiger partial charge in [0, 0.05) is 4.88 Å². The monoisotopic (exact) mass is 308 g/mol. The number of carbonyl (C=O) groups is 1. The van der Waals surface area contributed by atoms with Gasteiger partial charge < -0.3 is 15.4 Å². The summed E-state index contributed by atoms with van der Waals surface area (Å²) in [6.07, 6.45) is 5.76. The van der Waals surface area contributed by atoms with Crippen molar-refractivity contribution in [1.29, 1.82) is 0 Å². The molecule has 0 amide bonds. The van der Waals surface area contributed by atoms with Crippen LogP contribution in [0.15, 0.2) is 0 Å². The fourth-order valence-corrected chi connectivity index (χ4v) is 4.99. The molecule has 1 aliphatic carbocycles. The number of thiophene rings is 1. The topological polar surface area (TPSA) is 55.6 Å². The SMILES string of the molecule is CCOC(=O)c1c(N)sc2c1CCC1(CCN(C)CC1)C2. The summed E-state index contributed by atoms with van der Waals surface area (Å²) < 4.78 is 5.17. The van der Waals surface area contributed by atoms with Gasteiger partial charge in [-0.1, -0.05) is 0 Å². The van der Waals surface area contributed by atoms with Gasteiger partial charge in [0.05, 0.1) is 12.2 Å². The van der Waals surface area contributed by atoms with E-state index in [9.17, 15) is 4.79 Å². The first kappa shape index (κ1) is 14.9. The molecule has 0 bridgehead atoms. The highest BCUT2D eigenvalue weighted by molar-refractivity contribution is 7.16. The molecule has 1 aliphatic heterocycles. The summed E-state index contributed by atoms with van der Waals surface area (Å²) in [6.45, 7) is 4.60. The fraction of sp³-hybridized carbons (Fsp3) is 0.688. The Hall–Kier alpha value is -1.07. The first-order valence-electron chi connectivity index (χ1n) is 7.80. The predicted molar refractivity (Wildman–Crippen MR) is 85.9 cm³/mol. The maximum Gasteiger partial charge on any atom is 0.341 e. The van der Waals surface area contributed by atoms with E-state index in [-0.39, 0.29) is 5.97 Å². The van der Waals surface area contributed by atoms with Crippen LogP contribution in [0.2, 0.25) is 0 Å². The van der Waals surface area contributed by atoms with Crippen LogP contribution in [0.1, 0.15) is 47.0 Å². The van der Waals surface area contributed by atoms with Gasteiger partial charge in [-0.25, -0.2) is 4.79 Å². The molecule has 5 heteroatoms. The van der Waals surface area contributed by atoms with E-state index in [1.54, 1.807) is 11.3 Å². The average Bonchev–Trinajstić information content (AvgIpc) is 2.77. The van der Waals surface area contributed by atoms with Gasteiger partial charge in [-0.3, -0.25) is 0 Å². The van der Waals surface area contributed by atoms with E-state index in [4.69, 9.17) is 10.5 Å². The lowest BCUT2D eigenvalue weighted by molar-refractivity contribution is 0.0524. The number of esters is 1. The summed E-state index contributed by atoms with van der Waals surface area (Å²) in [5.74, 6) is -0.244. The molecule has 21 heavy (non-hydrogen) atoms. The molecule has 3 rings (SSSR count). The van der Waals surface area contributed by atoms with E-state index in [2.05, 4.69) is 11.9 Å². The van der Waals surface area contributed by atoms with Gasteiger partial charge in [0.1, 0.15) is 5.00 Å². The average molecular weight is 308 g/mol. The number of hydrogen-bond donors (Lipinski definition) is 1. The van der Waals surface area contributed by atoms with Crippen molar-refractivity contribution in [2.75, 3.05) is 32.5 Å². The summed E-state index contributed by atoms with van der Waals surface area (Å²) in [6, 6.07) is 0. The maximum absolute atomic E-state index is 12.1. The minimum Gasteiger partial charge on any atom is -0.462 e. The summed E-state index contributed by atoms with van der Waals surface area (Å²) in [5.41, 5.74) is 8.35. The van der Waals surface area contributed by atoms with Crippen LogP contribution in [0.5, 0.6) is 0 Å². The van der Waals surface area contributed by atoms with E-state index in [0.717, 1.165) is 12.8 Å². The van der Waals surface area contributed by atoms with Gasteiger partial charge in [-0.15, -0.1) is 11.3 Å². The Labute approximate surface area is 130 Å². The highest BCUT2D eigenvalue weighted by atomic mass is 32.1. The molecule has 0 saturated carbocycles. The highest BCUT2D eigenvalue weighted by Crippen LogP contribution is 2.47. The zero-order valence-electron chi connectivity index (χ0n) is 12.9. The molecule has 4 nitrogen and oxygen atoms in total. The molecule has 1 spiro atoms. The van der Waals surface area contributed by atoms with Crippen LogP contribution in [0, 0.1) is 5.41 Å². The molecule has 1 aromatic rings.